The molecule has 1 aliphatic rings. The predicted molar refractivity (Wildman–Crippen MR) is 106 cm³/mol. The van der Waals surface area contributed by atoms with Crippen LogP contribution < -0.4 is 10.6 Å². The van der Waals surface area contributed by atoms with Crippen molar-refractivity contribution in [1.29, 1.82) is 0 Å². The van der Waals surface area contributed by atoms with Crippen LogP contribution in [0.4, 0.5) is 0 Å². The van der Waals surface area contributed by atoms with Crippen LogP contribution in [-0.4, -0.2) is 33.9 Å². The number of thiazole rings is 1. The Bertz CT molecular complexity index is 906. The zero-order valence-corrected chi connectivity index (χ0v) is 15.7. The number of hydrogen-bond acceptors (Lipinski definition) is 6. The van der Waals surface area contributed by atoms with Crippen molar-refractivity contribution in [1.82, 2.24) is 25.6 Å². The zero-order chi connectivity index (χ0) is 18.5. The first kappa shape index (κ1) is 17.8. The number of rotatable bonds is 5. The highest BCUT2D eigenvalue weighted by Gasteiger charge is 2.16. The Labute approximate surface area is 162 Å². The largest absolute Gasteiger partial charge is 0.346 e. The highest BCUT2D eigenvalue weighted by Crippen LogP contribution is 2.24. The van der Waals surface area contributed by atoms with Gasteiger partial charge in [0.1, 0.15) is 0 Å². The summed E-state index contributed by atoms with van der Waals surface area (Å²) in [6.07, 6.45) is 5.74. The molecule has 1 amide bonds. The molecule has 7 heteroatoms. The number of nitrogens with one attached hydrogen (secondary N) is 2. The van der Waals surface area contributed by atoms with Crippen LogP contribution in [0, 0.1) is 0 Å². The SMILES string of the molecule is O=C(NCc1csc(-c2ncccn2)n1)c1cccc([C@H]2CCCNC2)c1. The number of carbonyl (C=O) groups excluding carboxylic acids is 1. The smallest absolute Gasteiger partial charge is 0.251 e. The van der Waals surface area contributed by atoms with E-state index in [2.05, 4.69) is 31.7 Å². The molecule has 4 rings (SSSR count). The second-order valence-corrected chi connectivity index (χ2v) is 7.43. The number of piperidine rings is 1. The van der Waals surface area contributed by atoms with E-state index in [4.69, 9.17) is 0 Å². The van der Waals surface area contributed by atoms with E-state index in [0.29, 0.717) is 23.9 Å². The Kier molecular flexibility index (Phi) is 5.50. The summed E-state index contributed by atoms with van der Waals surface area (Å²) in [6.45, 7) is 2.45. The van der Waals surface area contributed by atoms with Gasteiger partial charge in [0, 0.05) is 29.9 Å². The topological polar surface area (TPSA) is 79.8 Å². The van der Waals surface area contributed by atoms with Gasteiger partial charge in [-0.3, -0.25) is 4.79 Å². The van der Waals surface area contributed by atoms with E-state index in [1.807, 2.05) is 23.6 Å². The minimum absolute atomic E-state index is 0.0777. The summed E-state index contributed by atoms with van der Waals surface area (Å²) in [4.78, 5) is 25.5. The van der Waals surface area contributed by atoms with Crippen molar-refractivity contribution in [3.05, 3.63) is 64.9 Å². The quantitative estimate of drug-likeness (QED) is 0.712. The van der Waals surface area contributed by atoms with Crippen LogP contribution >= 0.6 is 11.3 Å². The molecule has 1 saturated heterocycles. The maximum atomic E-state index is 12.6. The molecule has 27 heavy (non-hydrogen) atoms. The minimum Gasteiger partial charge on any atom is -0.346 e. The molecule has 1 aromatic carbocycles. The van der Waals surface area contributed by atoms with Gasteiger partial charge in [-0.15, -0.1) is 11.3 Å². The molecule has 1 fully saturated rings. The van der Waals surface area contributed by atoms with Gasteiger partial charge < -0.3 is 10.6 Å². The number of nitrogens with zero attached hydrogens (tertiary/aromatic N) is 3. The Morgan fingerprint density at radius 2 is 2.15 bits per heavy atom. The third-order valence-corrected chi connectivity index (χ3v) is 5.54. The Hall–Kier alpha value is -2.64. The van der Waals surface area contributed by atoms with E-state index in [1.165, 1.54) is 29.7 Å². The second-order valence-electron chi connectivity index (χ2n) is 6.57. The van der Waals surface area contributed by atoms with Crippen molar-refractivity contribution < 1.29 is 4.79 Å². The third-order valence-electron chi connectivity index (χ3n) is 4.66. The number of aromatic nitrogens is 3. The van der Waals surface area contributed by atoms with E-state index >= 15 is 0 Å². The molecule has 2 N–H and O–H groups in total. The first-order valence-corrected chi connectivity index (χ1v) is 9.98. The molecule has 2 aromatic heterocycles. The average Bonchev–Trinajstić information content (AvgIpc) is 3.22. The summed E-state index contributed by atoms with van der Waals surface area (Å²) in [5.74, 6) is 1.01. The van der Waals surface area contributed by atoms with E-state index in [-0.39, 0.29) is 5.91 Å². The third kappa shape index (κ3) is 4.37. The Balaban J connectivity index is 1.39. The fourth-order valence-corrected chi connectivity index (χ4v) is 4.01. The summed E-state index contributed by atoms with van der Waals surface area (Å²) in [5, 5.41) is 9.07. The van der Waals surface area contributed by atoms with Crippen molar-refractivity contribution in [2.75, 3.05) is 13.1 Å². The summed E-state index contributed by atoms with van der Waals surface area (Å²) in [6, 6.07) is 9.72. The van der Waals surface area contributed by atoms with E-state index in [0.717, 1.165) is 23.8 Å². The fraction of sp³-hybridized carbons (Fsp3) is 0.300. The lowest BCUT2D eigenvalue weighted by atomic mass is 9.90. The zero-order valence-electron chi connectivity index (χ0n) is 14.9. The van der Waals surface area contributed by atoms with Crippen molar-refractivity contribution in [2.24, 2.45) is 0 Å². The van der Waals surface area contributed by atoms with E-state index in [1.54, 1.807) is 18.5 Å². The van der Waals surface area contributed by atoms with Crippen LogP contribution in [0.5, 0.6) is 0 Å². The number of amides is 1. The number of benzene rings is 1. The molecule has 1 atom stereocenters. The van der Waals surface area contributed by atoms with Crippen molar-refractivity contribution in [3.63, 3.8) is 0 Å². The minimum atomic E-state index is -0.0777. The van der Waals surface area contributed by atoms with Crippen LogP contribution in [0.3, 0.4) is 0 Å². The number of hydrogen-bond donors (Lipinski definition) is 2. The molecule has 6 nitrogen and oxygen atoms in total. The maximum absolute atomic E-state index is 12.6. The van der Waals surface area contributed by atoms with E-state index < -0.39 is 0 Å². The number of carbonyl (C=O) groups is 1. The Morgan fingerprint density at radius 3 is 2.96 bits per heavy atom. The van der Waals surface area contributed by atoms with Crippen LogP contribution in [0.25, 0.3) is 10.8 Å². The van der Waals surface area contributed by atoms with Crippen molar-refractivity contribution >= 4 is 17.2 Å². The van der Waals surface area contributed by atoms with Gasteiger partial charge in [-0.1, -0.05) is 12.1 Å². The highest BCUT2D eigenvalue weighted by molar-refractivity contribution is 7.13. The van der Waals surface area contributed by atoms with E-state index in [9.17, 15) is 4.79 Å². The van der Waals surface area contributed by atoms with Gasteiger partial charge in [0.05, 0.1) is 12.2 Å². The van der Waals surface area contributed by atoms with Gasteiger partial charge in [-0.2, -0.15) is 0 Å². The summed E-state index contributed by atoms with van der Waals surface area (Å²) in [5.41, 5.74) is 2.73. The maximum Gasteiger partial charge on any atom is 0.251 e. The standard InChI is InChI=1S/C20H21N5OS/c26-19(15-5-1-4-14(10-15)16-6-2-7-21-11-16)24-12-17-13-27-20(25-17)18-22-8-3-9-23-18/h1,3-5,8-10,13,16,21H,2,6-7,11-12H2,(H,24,26)/t16-/m0/s1. The van der Waals surface area contributed by atoms with Crippen LogP contribution in [0.2, 0.25) is 0 Å². The molecule has 3 aromatic rings. The molecule has 0 unspecified atom stereocenters. The molecule has 0 bridgehead atoms. The van der Waals surface area contributed by atoms with Crippen LogP contribution in [-0.2, 0) is 6.54 Å². The van der Waals surface area contributed by atoms with Gasteiger partial charge >= 0.3 is 0 Å². The lowest BCUT2D eigenvalue weighted by Crippen LogP contribution is -2.28. The van der Waals surface area contributed by atoms with Gasteiger partial charge in [0.2, 0.25) is 0 Å². The molecular formula is C20H21N5OS. The molecule has 138 valence electrons. The fourth-order valence-electron chi connectivity index (χ4n) is 3.24. The van der Waals surface area contributed by atoms with Gasteiger partial charge in [-0.05, 0) is 49.1 Å². The molecule has 0 spiro atoms. The van der Waals surface area contributed by atoms with Gasteiger partial charge in [0.25, 0.3) is 5.91 Å². The Morgan fingerprint density at radius 1 is 1.26 bits per heavy atom. The average molecular weight is 379 g/mol. The lowest BCUT2D eigenvalue weighted by molar-refractivity contribution is 0.0950. The molecule has 0 radical (unpaired) electrons. The molecular weight excluding hydrogens is 358 g/mol. The second kappa shape index (κ2) is 8.37. The predicted octanol–water partition coefficient (Wildman–Crippen LogP) is 3.00. The van der Waals surface area contributed by atoms with Gasteiger partial charge in [0.15, 0.2) is 10.8 Å². The normalized spacial score (nSPS) is 16.8. The van der Waals surface area contributed by atoms with Crippen LogP contribution in [0.1, 0.15) is 40.4 Å². The summed E-state index contributed by atoms with van der Waals surface area (Å²) < 4.78 is 0. The monoisotopic (exact) mass is 379 g/mol. The first-order valence-electron chi connectivity index (χ1n) is 9.10. The molecule has 1 aliphatic heterocycles. The van der Waals surface area contributed by atoms with Crippen LogP contribution in [0.15, 0.2) is 48.1 Å². The van der Waals surface area contributed by atoms with Crippen molar-refractivity contribution in [3.8, 4) is 10.8 Å². The molecule has 0 aliphatic carbocycles. The molecule has 3 heterocycles. The van der Waals surface area contributed by atoms with Gasteiger partial charge in [-0.25, -0.2) is 15.0 Å². The summed E-state index contributed by atoms with van der Waals surface area (Å²) in [7, 11) is 0. The lowest BCUT2D eigenvalue weighted by Gasteiger charge is -2.23. The highest BCUT2D eigenvalue weighted by atomic mass is 32.1. The first-order chi connectivity index (χ1) is 13.3. The van der Waals surface area contributed by atoms with Crippen molar-refractivity contribution in [2.45, 2.75) is 25.3 Å². The molecule has 0 saturated carbocycles. The summed E-state index contributed by atoms with van der Waals surface area (Å²) >= 11 is 1.48.